The van der Waals surface area contributed by atoms with Gasteiger partial charge in [-0.1, -0.05) is 6.42 Å². The van der Waals surface area contributed by atoms with Gasteiger partial charge in [-0.05, 0) is 44.1 Å². The number of rotatable bonds is 11. The minimum absolute atomic E-state index is 0.00436. The van der Waals surface area contributed by atoms with Crippen LogP contribution in [-0.2, 0) is 9.53 Å². The molecule has 1 aliphatic heterocycles. The van der Waals surface area contributed by atoms with Gasteiger partial charge in [0.15, 0.2) is 5.78 Å². The summed E-state index contributed by atoms with van der Waals surface area (Å²) in [6.07, 6.45) is -1.60. The number of anilines is 2. The quantitative estimate of drug-likeness (QED) is 0.254. The van der Waals surface area contributed by atoms with Gasteiger partial charge >= 0.3 is 6.18 Å². The summed E-state index contributed by atoms with van der Waals surface area (Å²) < 4.78 is 44.1. The Kier molecular flexibility index (Phi) is 9.52. The third kappa shape index (κ3) is 7.55. The predicted octanol–water partition coefficient (Wildman–Crippen LogP) is 4.44. The Morgan fingerprint density at radius 1 is 1.14 bits per heavy atom. The second-order valence-electron chi connectivity index (χ2n) is 9.46. The van der Waals surface area contributed by atoms with Gasteiger partial charge in [-0.25, -0.2) is 0 Å². The molecule has 12 heteroatoms. The van der Waals surface area contributed by atoms with E-state index in [0.717, 1.165) is 0 Å². The van der Waals surface area contributed by atoms with Crippen LogP contribution in [0.15, 0.2) is 12.1 Å². The van der Waals surface area contributed by atoms with Crippen LogP contribution in [0.4, 0.5) is 30.2 Å². The molecular weight excluding hydrogens is 481 g/mol. The van der Waals surface area contributed by atoms with Gasteiger partial charge in [0.2, 0.25) is 5.91 Å². The molecule has 3 rings (SSSR count). The smallest absolute Gasteiger partial charge is 0.379 e. The number of nitrogens with two attached hydrogens (primary N) is 1. The van der Waals surface area contributed by atoms with Gasteiger partial charge < -0.3 is 20.7 Å². The molecule has 0 bridgehead atoms. The van der Waals surface area contributed by atoms with Crippen molar-refractivity contribution in [2.45, 2.75) is 57.5 Å². The Hall–Kier alpha value is -2.89. The number of hydrogen-bond acceptors (Lipinski definition) is 7. The van der Waals surface area contributed by atoms with E-state index in [0.29, 0.717) is 57.7 Å². The van der Waals surface area contributed by atoms with Gasteiger partial charge in [0, 0.05) is 44.1 Å². The van der Waals surface area contributed by atoms with E-state index in [9.17, 15) is 32.9 Å². The lowest BCUT2D eigenvalue weighted by atomic mass is 9.79. The molecule has 0 aromatic heterocycles. The second-order valence-corrected chi connectivity index (χ2v) is 9.46. The molecule has 1 heterocycles. The summed E-state index contributed by atoms with van der Waals surface area (Å²) in [4.78, 5) is 37.4. The van der Waals surface area contributed by atoms with Gasteiger partial charge in [-0.15, -0.1) is 0 Å². The SMILES string of the molecule is NC(=O)CCNc1cc(N2CCOCC2)c(C(=O)CCCC2CCC(C(F)(F)F)CC2)cc1[N+](=O)[O-]. The Labute approximate surface area is 207 Å². The first kappa shape index (κ1) is 27.7. The van der Waals surface area contributed by atoms with E-state index in [1.54, 1.807) is 6.07 Å². The zero-order chi connectivity index (χ0) is 26.3. The maximum Gasteiger partial charge on any atom is 0.391 e. The molecule has 0 spiro atoms. The second kappa shape index (κ2) is 12.4. The van der Waals surface area contributed by atoms with E-state index in [1.807, 2.05) is 4.90 Å². The summed E-state index contributed by atoms with van der Waals surface area (Å²) in [5.74, 6) is -1.87. The van der Waals surface area contributed by atoms with Gasteiger partial charge in [-0.2, -0.15) is 13.2 Å². The van der Waals surface area contributed by atoms with Crippen LogP contribution in [0.25, 0.3) is 0 Å². The predicted molar refractivity (Wildman–Crippen MR) is 128 cm³/mol. The van der Waals surface area contributed by atoms with Gasteiger partial charge in [0.25, 0.3) is 5.69 Å². The van der Waals surface area contributed by atoms with Crippen LogP contribution >= 0.6 is 0 Å². The number of carbonyl (C=O) groups is 2. The number of halogens is 3. The highest BCUT2D eigenvalue weighted by Crippen LogP contribution is 2.41. The fourth-order valence-electron chi connectivity index (χ4n) is 4.94. The molecule has 200 valence electrons. The number of nitrogens with one attached hydrogen (secondary N) is 1. The molecular formula is C24H33F3N4O5. The Bertz CT molecular complexity index is 942. The lowest BCUT2D eigenvalue weighted by Crippen LogP contribution is -2.37. The lowest BCUT2D eigenvalue weighted by Gasteiger charge is -2.31. The number of ketones is 1. The van der Waals surface area contributed by atoms with Crippen molar-refractivity contribution in [3.8, 4) is 0 Å². The Morgan fingerprint density at radius 3 is 2.39 bits per heavy atom. The summed E-state index contributed by atoms with van der Waals surface area (Å²) >= 11 is 0. The van der Waals surface area contributed by atoms with Crippen molar-refractivity contribution in [3.05, 3.63) is 27.8 Å². The molecule has 0 radical (unpaired) electrons. The number of benzene rings is 1. The molecule has 1 amide bonds. The zero-order valence-corrected chi connectivity index (χ0v) is 20.1. The summed E-state index contributed by atoms with van der Waals surface area (Å²) in [5, 5.41) is 14.6. The third-order valence-electron chi connectivity index (χ3n) is 6.98. The molecule has 1 aromatic carbocycles. The largest absolute Gasteiger partial charge is 0.391 e. The highest BCUT2D eigenvalue weighted by atomic mass is 19.4. The summed E-state index contributed by atoms with van der Waals surface area (Å²) in [6.45, 7) is 2.05. The van der Waals surface area contributed by atoms with Gasteiger partial charge in [0.05, 0.1) is 29.7 Å². The minimum Gasteiger partial charge on any atom is -0.379 e. The van der Waals surface area contributed by atoms with E-state index in [1.165, 1.54) is 6.07 Å². The average Bonchev–Trinajstić information content (AvgIpc) is 2.83. The van der Waals surface area contributed by atoms with E-state index in [2.05, 4.69) is 5.32 Å². The summed E-state index contributed by atoms with van der Waals surface area (Å²) in [5.41, 5.74) is 5.88. The van der Waals surface area contributed by atoms with Gasteiger partial charge in [0.1, 0.15) is 5.69 Å². The van der Waals surface area contributed by atoms with E-state index in [4.69, 9.17) is 10.5 Å². The number of ether oxygens (including phenoxy) is 1. The maximum atomic E-state index is 13.2. The van der Waals surface area contributed by atoms with Crippen LogP contribution in [0.3, 0.4) is 0 Å². The molecule has 1 aliphatic carbocycles. The first-order valence-corrected chi connectivity index (χ1v) is 12.3. The number of alkyl halides is 3. The van der Waals surface area contributed by atoms with E-state index >= 15 is 0 Å². The van der Waals surface area contributed by atoms with E-state index in [-0.39, 0.29) is 60.9 Å². The maximum absolute atomic E-state index is 13.2. The van der Waals surface area contributed by atoms with E-state index < -0.39 is 22.9 Å². The summed E-state index contributed by atoms with van der Waals surface area (Å²) in [6, 6.07) is 2.84. The van der Waals surface area contributed by atoms with Crippen molar-refractivity contribution >= 4 is 28.8 Å². The number of morpholine rings is 1. The van der Waals surface area contributed by atoms with Crippen molar-refractivity contribution in [1.29, 1.82) is 0 Å². The number of carbonyl (C=O) groups excluding carboxylic acids is 2. The molecule has 0 atom stereocenters. The molecule has 1 saturated heterocycles. The highest BCUT2D eigenvalue weighted by Gasteiger charge is 2.41. The molecule has 9 nitrogen and oxygen atoms in total. The highest BCUT2D eigenvalue weighted by molar-refractivity contribution is 6.03. The number of Topliss-reactive ketones (excluding diaryl/α,β-unsaturated/α-hetero) is 1. The van der Waals surface area contributed by atoms with Crippen molar-refractivity contribution < 1.29 is 32.4 Å². The fraction of sp³-hybridized carbons (Fsp3) is 0.667. The zero-order valence-electron chi connectivity index (χ0n) is 20.1. The molecule has 36 heavy (non-hydrogen) atoms. The van der Waals surface area contributed by atoms with Crippen molar-refractivity contribution in [1.82, 2.24) is 0 Å². The first-order valence-electron chi connectivity index (χ1n) is 12.3. The number of hydrogen-bond donors (Lipinski definition) is 2. The van der Waals surface area contributed by atoms with Gasteiger partial charge in [-0.3, -0.25) is 19.7 Å². The number of amides is 1. The Balaban J connectivity index is 1.71. The topological polar surface area (TPSA) is 128 Å². The molecule has 0 unspecified atom stereocenters. The monoisotopic (exact) mass is 514 g/mol. The average molecular weight is 515 g/mol. The minimum atomic E-state index is -4.15. The molecule has 2 fully saturated rings. The first-order chi connectivity index (χ1) is 17.1. The standard InChI is InChI=1S/C24H33F3N4O5/c25-24(26,27)17-6-4-16(5-7-17)2-1-3-22(32)18-14-21(31(34)35)19(29-9-8-23(28)33)15-20(18)30-10-12-36-13-11-30/h14-17,29H,1-13H2,(H2,28,33). The van der Waals surface area contributed by atoms with Crippen LogP contribution in [0.2, 0.25) is 0 Å². The van der Waals surface area contributed by atoms with Crippen molar-refractivity contribution in [2.75, 3.05) is 43.1 Å². The summed E-state index contributed by atoms with van der Waals surface area (Å²) in [7, 11) is 0. The van der Waals surface area contributed by atoms with Crippen LogP contribution in [0.1, 0.15) is 61.7 Å². The molecule has 3 N–H and O–H groups in total. The molecule has 1 aromatic rings. The fourth-order valence-corrected chi connectivity index (χ4v) is 4.94. The lowest BCUT2D eigenvalue weighted by molar-refractivity contribution is -0.384. The van der Waals surface area contributed by atoms with Crippen molar-refractivity contribution in [3.63, 3.8) is 0 Å². The number of nitro benzene ring substituents is 1. The van der Waals surface area contributed by atoms with Crippen LogP contribution in [0.5, 0.6) is 0 Å². The third-order valence-corrected chi connectivity index (χ3v) is 6.98. The molecule has 2 aliphatic rings. The number of nitro groups is 1. The van der Waals surface area contributed by atoms with Crippen LogP contribution < -0.4 is 16.0 Å². The number of primary amides is 1. The molecule has 1 saturated carbocycles. The number of nitrogens with zero attached hydrogens (tertiary/aromatic N) is 2. The van der Waals surface area contributed by atoms with Crippen molar-refractivity contribution in [2.24, 2.45) is 17.6 Å². The van der Waals surface area contributed by atoms with Crippen LogP contribution in [0, 0.1) is 22.0 Å². The van der Waals surface area contributed by atoms with Crippen LogP contribution in [-0.4, -0.2) is 55.6 Å². The Morgan fingerprint density at radius 2 is 1.81 bits per heavy atom. The normalized spacial score (nSPS) is 20.7.